The highest BCUT2D eigenvalue weighted by molar-refractivity contribution is 5.28. The van der Waals surface area contributed by atoms with Crippen molar-refractivity contribution in [1.29, 1.82) is 0 Å². The van der Waals surface area contributed by atoms with Crippen molar-refractivity contribution in [1.82, 2.24) is 5.43 Å². The third-order valence-electron chi connectivity index (χ3n) is 4.18. The van der Waals surface area contributed by atoms with Gasteiger partial charge in [0.25, 0.3) is 0 Å². The van der Waals surface area contributed by atoms with Crippen LogP contribution >= 0.6 is 0 Å². The Labute approximate surface area is 115 Å². The first kappa shape index (κ1) is 14.1. The van der Waals surface area contributed by atoms with E-state index in [1.165, 1.54) is 5.56 Å². The summed E-state index contributed by atoms with van der Waals surface area (Å²) in [5.74, 6) is 8.52. The Morgan fingerprint density at radius 1 is 1.32 bits per heavy atom. The van der Waals surface area contributed by atoms with Crippen LogP contribution in [0.3, 0.4) is 0 Å². The van der Waals surface area contributed by atoms with E-state index in [0.29, 0.717) is 0 Å². The van der Waals surface area contributed by atoms with Crippen LogP contribution in [0.1, 0.15) is 31.2 Å². The van der Waals surface area contributed by atoms with Crippen molar-refractivity contribution in [3.05, 3.63) is 35.9 Å². The van der Waals surface area contributed by atoms with Crippen molar-refractivity contribution >= 4 is 0 Å². The zero-order chi connectivity index (χ0) is 13.6. The van der Waals surface area contributed by atoms with Crippen LogP contribution in [0, 0.1) is 12.3 Å². The van der Waals surface area contributed by atoms with Crippen molar-refractivity contribution in [2.45, 2.75) is 37.1 Å². The molecule has 102 valence electrons. The second-order valence-corrected chi connectivity index (χ2v) is 5.10. The minimum atomic E-state index is 0.0328. The van der Waals surface area contributed by atoms with Crippen molar-refractivity contribution < 1.29 is 4.74 Å². The molecule has 1 saturated heterocycles. The van der Waals surface area contributed by atoms with Gasteiger partial charge in [0.2, 0.25) is 0 Å². The normalized spacial score (nSPS) is 19.6. The summed E-state index contributed by atoms with van der Waals surface area (Å²) < 4.78 is 5.54. The molecule has 1 aliphatic rings. The maximum absolute atomic E-state index is 5.81. The fourth-order valence-corrected chi connectivity index (χ4v) is 3.09. The Kier molecular flexibility index (Phi) is 4.98. The highest BCUT2D eigenvalue weighted by Crippen LogP contribution is 2.39. The Hall–Kier alpha value is -1.34. The average Bonchev–Trinajstić information content (AvgIpc) is 2.50. The molecule has 1 fully saturated rings. The summed E-state index contributed by atoms with van der Waals surface area (Å²) in [6.45, 7) is 1.56. The summed E-state index contributed by atoms with van der Waals surface area (Å²) in [6, 6.07) is 10.8. The topological polar surface area (TPSA) is 47.3 Å². The summed E-state index contributed by atoms with van der Waals surface area (Å²) in [5, 5.41) is 0. The van der Waals surface area contributed by atoms with Gasteiger partial charge in [0.15, 0.2) is 0 Å². The van der Waals surface area contributed by atoms with Crippen molar-refractivity contribution in [3.63, 3.8) is 0 Å². The lowest BCUT2D eigenvalue weighted by Gasteiger charge is -2.43. The Morgan fingerprint density at radius 2 is 2.00 bits per heavy atom. The van der Waals surface area contributed by atoms with Gasteiger partial charge in [-0.05, 0) is 24.8 Å². The third-order valence-corrected chi connectivity index (χ3v) is 4.18. The molecule has 1 aromatic carbocycles. The predicted octanol–water partition coefficient (Wildman–Crippen LogP) is 1.98. The molecular weight excluding hydrogens is 236 g/mol. The third kappa shape index (κ3) is 2.98. The number of benzene rings is 1. The van der Waals surface area contributed by atoms with E-state index in [0.717, 1.165) is 38.9 Å². The number of terminal acetylenes is 1. The molecule has 1 heterocycles. The minimum absolute atomic E-state index is 0.0328. The van der Waals surface area contributed by atoms with Crippen LogP contribution in [0.5, 0.6) is 0 Å². The van der Waals surface area contributed by atoms with Crippen molar-refractivity contribution in [3.8, 4) is 12.3 Å². The SMILES string of the molecule is C#CCCC(NN)C1(c2ccccc2)CCOCC1. The molecule has 3 heteroatoms. The minimum Gasteiger partial charge on any atom is -0.381 e. The largest absolute Gasteiger partial charge is 0.381 e. The molecule has 0 radical (unpaired) electrons. The van der Waals surface area contributed by atoms with Crippen LogP contribution in [0.2, 0.25) is 0 Å². The Bertz CT molecular complexity index is 418. The zero-order valence-electron chi connectivity index (χ0n) is 11.3. The van der Waals surface area contributed by atoms with Crippen LogP contribution in [0.15, 0.2) is 30.3 Å². The lowest BCUT2D eigenvalue weighted by atomic mass is 9.67. The first-order chi connectivity index (χ1) is 9.33. The molecule has 3 N–H and O–H groups in total. The van der Waals surface area contributed by atoms with Gasteiger partial charge < -0.3 is 4.74 Å². The average molecular weight is 258 g/mol. The second kappa shape index (κ2) is 6.72. The molecule has 0 aliphatic carbocycles. The number of nitrogens with one attached hydrogen (secondary N) is 1. The van der Waals surface area contributed by atoms with Crippen LogP contribution in [-0.2, 0) is 10.2 Å². The summed E-state index contributed by atoms with van der Waals surface area (Å²) in [7, 11) is 0. The van der Waals surface area contributed by atoms with E-state index in [1.807, 2.05) is 6.07 Å². The van der Waals surface area contributed by atoms with Crippen LogP contribution in [-0.4, -0.2) is 19.3 Å². The molecule has 0 spiro atoms. The molecule has 1 unspecified atom stereocenters. The summed E-state index contributed by atoms with van der Waals surface area (Å²) in [4.78, 5) is 0. The number of hydrazine groups is 1. The summed E-state index contributed by atoms with van der Waals surface area (Å²) >= 11 is 0. The molecule has 0 saturated carbocycles. The maximum atomic E-state index is 5.81. The number of nitrogens with two attached hydrogens (primary N) is 1. The number of rotatable bonds is 5. The fraction of sp³-hybridized carbons (Fsp3) is 0.500. The van der Waals surface area contributed by atoms with E-state index in [4.69, 9.17) is 17.0 Å². The summed E-state index contributed by atoms with van der Waals surface area (Å²) in [5.41, 5.74) is 4.36. The Morgan fingerprint density at radius 3 is 2.58 bits per heavy atom. The van der Waals surface area contributed by atoms with E-state index in [9.17, 15) is 0 Å². The van der Waals surface area contributed by atoms with Gasteiger partial charge in [0.1, 0.15) is 0 Å². The van der Waals surface area contributed by atoms with Gasteiger partial charge in [0.05, 0.1) is 0 Å². The molecule has 1 atom stereocenters. The van der Waals surface area contributed by atoms with Gasteiger partial charge in [-0.3, -0.25) is 11.3 Å². The molecule has 3 nitrogen and oxygen atoms in total. The molecular formula is C16H22N2O. The lowest BCUT2D eigenvalue weighted by Crippen LogP contribution is -2.53. The van der Waals surface area contributed by atoms with Crippen LogP contribution in [0.25, 0.3) is 0 Å². The van der Waals surface area contributed by atoms with Crippen molar-refractivity contribution in [2.75, 3.05) is 13.2 Å². The Balaban J connectivity index is 2.31. The van der Waals surface area contributed by atoms with Crippen LogP contribution < -0.4 is 11.3 Å². The first-order valence-electron chi connectivity index (χ1n) is 6.86. The molecule has 0 aromatic heterocycles. The fourth-order valence-electron chi connectivity index (χ4n) is 3.09. The standard InChI is InChI=1S/C16H22N2O/c1-2-3-9-15(18-17)16(10-12-19-13-11-16)14-7-5-4-6-8-14/h1,4-8,15,18H,3,9-13,17H2. The number of ether oxygens (including phenoxy) is 1. The predicted molar refractivity (Wildman–Crippen MR) is 77.4 cm³/mol. The molecule has 0 amide bonds. The summed E-state index contributed by atoms with van der Waals surface area (Å²) in [6.07, 6.45) is 9.00. The van der Waals surface area contributed by atoms with Gasteiger partial charge in [0, 0.05) is 31.1 Å². The first-order valence-corrected chi connectivity index (χ1v) is 6.86. The highest BCUT2D eigenvalue weighted by atomic mass is 16.5. The van der Waals surface area contributed by atoms with Gasteiger partial charge in [-0.2, -0.15) is 0 Å². The quantitative estimate of drug-likeness (QED) is 0.482. The highest BCUT2D eigenvalue weighted by Gasteiger charge is 2.40. The second-order valence-electron chi connectivity index (χ2n) is 5.10. The van der Waals surface area contributed by atoms with Gasteiger partial charge in [-0.1, -0.05) is 30.3 Å². The molecule has 1 aliphatic heterocycles. The van der Waals surface area contributed by atoms with Gasteiger partial charge in [-0.25, -0.2) is 0 Å². The number of hydrogen-bond acceptors (Lipinski definition) is 3. The number of hydrogen-bond donors (Lipinski definition) is 2. The van der Waals surface area contributed by atoms with Crippen molar-refractivity contribution in [2.24, 2.45) is 5.84 Å². The monoisotopic (exact) mass is 258 g/mol. The van der Waals surface area contributed by atoms with Crippen LogP contribution in [0.4, 0.5) is 0 Å². The van der Waals surface area contributed by atoms with E-state index in [1.54, 1.807) is 0 Å². The van der Waals surface area contributed by atoms with E-state index >= 15 is 0 Å². The van der Waals surface area contributed by atoms with Gasteiger partial charge in [-0.15, -0.1) is 12.3 Å². The van der Waals surface area contributed by atoms with E-state index in [2.05, 4.69) is 35.6 Å². The molecule has 0 bridgehead atoms. The maximum Gasteiger partial charge on any atom is 0.0475 e. The zero-order valence-corrected chi connectivity index (χ0v) is 11.3. The lowest BCUT2D eigenvalue weighted by molar-refractivity contribution is 0.0331. The smallest absolute Gasteiger partial charge is 0.0475 e. The molecule has 19 heavy (non-hydrogen) atoms. The van der Waals surface area contributed by atoms with E-state index in [-0.39, 0.29) is 11.5 Å². The molecule has 2 rings (SSSR count). The molecule has 1 aromatic rings. The van der Waals surface area contributed by atoms with E-state index < -0.39 is 0 Å². The van der Waals surface area contributed by atoms with Gasteiger partial charge >= 0.3 is 0 Å².